The number of benzene rings is 2. The molecule has 2 N–H and O–H groups in total. The van der Waals surface area contributed by atoms with Crippen LogP contribution in [0.1, 0.15) is 70.9 Å². The van der Waals surface area contributed by atoms with Crippen LogP contribution in [-0.4, -0.2) is 91.0 Å². The van der Waals surface area contributed by atoms with Gasteiger partial charge >= 0.3 is 0 Å². The number of carbonyl (C=O) groups excluding carboxylic acids is 4. The van der Waals surface area contributed by atoms with Crippen molar-refractivity contribution in [1.82, 2.24) is 14.4 Å². The van der Waals surface area contributed by atoms with Gasteiger partial charge in [-0.3, -0.25) is 29.1 Å². The van der Waals surface area contributed by atoms with Gasteiger partial charge in [0.05, 0.1) is 25.1 Å². The van der Waals surface area contributed by atoms with Crippen molar-refractivity contribution >= 4 is 58.3 Å². The summed E-state index contributed by atoms with van der Waals surface area (Å²) >= 11 is 0. The summed E-state index contributed by atoms with van der Waals surface area (Å²) in [6, 6.07) is 12.0. The molecule has 50 heavy (non-hydrogen) atoms. The number of hydrogen-bond donors (Lipinski definition) is 2. The average molecular weight is 685 g/mol. The monoisotopic (exact) mass is 684 g/mol. The van der Waals surface area contributed by atoms with Crippen LogP contribution in [0.2, 0.25) is 0 Å². The smallest absolute Gasteiger partial charge is 0.289 e. The number of aliphatic imine (C=N–C) groups is 1. The number of carbonyl (C=O) groups is 4. The molecule has 2 aromatic heterocycles. The second-order valence-electron chi connectivity index (χ2n) is 12.2. The van der Waals surface area contributed by atoms with Crippen LogP contribution in [0.15, 0.2) is 58.1 Å². The molecule has 1 fully saturated rings. The van der Waals surface area contributed by atoms with Crippen LogP contribution in [0.5, 0.6) is 11.5 Å². The predicted molar refractivity (Wildman–Crippen MR) is 192 cm³/mol. The number of furan rings is 1. The Morgan fingerprint density at radius 1 is 1.04 bits per heavy atom. The van der Waals surface area contributed by atoms with Gasteiger partial charge in [0.15, 0.2) is 23.5 Å². The number of anilines is 2. The standard InChI is InChI=1S/C37H44N6O7/c1-6-43(7-2)37(47)34-17-24-16-26(12-13-31(24)50-34)40-36(46)30-19-27(22-42(30)4)39-35(45)11-9-15-49-33-20-29(25(23-44)18-32(33)48-5)38-21-28-10-8-14-41(28)3/h12-13,16-23,28H,6-11,14-15H2,1-5H3,(H,39,45)(H,40,46). The van der Waals surface area contributed by atoms with E-state index < -0.39 is 0 Å². The van der Waals surface area contributed by atoms with Gasteiger partial charge in [-0.25, -0.2) is 0 Å². The van der Waals surface area contributed by atoms with Gasteiger partial charge in [-0.15, -0.1) is 0 Å². The van der Waals surface area contributed by atoms with Gasteiger partial charge < -0.3 is 34.0 Å². The Hall–Kier alpha value is -5.43. The molecular formula is C37H44N6O7. The minimum Gasteiger partial charge on any atom is -0.493 e. The number of amides is 3. The highest BCUT2D eigenvalue weighted by molar-refractivity contribution is 6.05. The Morgan fingerprint density at radius 2 is 1.84 bits per heavy atom. The van der Waals surface area contributed by atoms with Crippen molar-refractivity contribution in [3.63, 3.8) is 0 Å². The van der Waals surface area contributed by atoms with E-state index in [0.29, 0.717) is 70.3 Å². The SMILES string of the molecule is CCN(CC)C(=O)c1cc2cc(NC(=O)c3cc(NC(=O)CCCOc4cc(N=CC5CCCN5C)c(C=O)cc4OC)cn3C)ccc2o1. The number of hydrogen-bond acceptors (Lipinski definition) is 9. The van der Waals surface area contributed by atoms with Crippen molar-refractivity contribution in [3.8, 4) is 11.5 Å². The molecule has 13 heteroatoms. The molecule has 0 spiro atoms. The van der Waals surface area contributed by atoms with E-state index in [1.54, 1.807) is 65.2 Å². The summed E-state index contributed by atoms with van der Waals surface area (Å²) in [7, 11) is 5.27. The Kier molecular flexibility index (Phi) is 11.7. The first kappa shape index (κ1) is 35.9. The molecule has 5 rings (SSSR count). The number of nitrogens with one attached hydrogen (secondary N) is 2. The molecule has 1 aliphatic heterocycles. The highest BCUT2D eigenvalue weighted by atomic mass is 16.5. The molecule has 0 radical (unpaired) electrons. The zero-order valence-electron chi connectivity index (χ0n) is 29.2. The fraction of sp³-hybridized carbons (Fsp3) is 0.378. The number of ether oxygens (including phenoxy) is 2. The van der Waals surface area contributed by atoms with Gasteiger partial charge in [-0.2, -0.15) is 0 Å². The Labute approximate surface area is 291 Å². The maximum atomic E-state index is 13.1. The van der Waals surface area contributed by atoms with Crippen molar-refractivity contribution in [2.45, 2.75) is 45.6 Å². The third kappa shape index (κ3) is 8.40. The van der Waals surface area contributed by atoms with Gasteiger partial charge in [-0.1, -0.05) is 0 Å². The summed E-state index contributed by atoms with van der Waals surface area (Å²) in [5, 5.41) is 6.41. The predicted octanol–water partition coefficient (Wildman–Crippen LogP) is 5.92. The fourth-order valence-electron chi connectivity index (χ4n) is 5.92. The van der Waals surface area contributed by atoms with Gasteiger partial charge in [0.25, 0.3) is 11.8 Å². The van der Waals surface area contributed by atoms with Crippen molar-refractivity contribution in [1.29, 1.82) is 0 Å². The van der Waals surface area contributed by atoms with Crippen LogP contribution in [0.25, 0.3) is 11.0 Å². The summed E-state index contributed by atoms with van der Waals surface area (Å²) < 4.78 is 18.8. The lowest BCUT2D eigenvalue weighted by Gasteiger charge is -2.16. The second kappa shape index (κ2) is 16.3. The molecular weight excluding hydrogens is 640 g/mol. The Morgan fingerprint density at radius 3 is 2.54 bits per heavy atom. The third-order valence-electron chi connectivity index (χ3n) is 8.77. The first-order valence-electron chi connectivity index (χ1n) is 16.8. The van der Waals surface area contributed by atoms with E-state index in [9.17, 15) is 19.2 Å². The lowest BCUT2D eigenvalue weighted by molar-refractivity contribution is -0.116. The molecule has 1 saturated heterocycles. The average Bonchev–Trinajstić information content (AvgIpc) is 3.83. The van der Waals surface area contributed by atoms with Gasteiger partial charge in [0, 0.05) is 67.7 Å². The summed E-state index contributed by atoms with van der Waals surface area (Å²) in [6.07, 6.45) is 6.98. The fourth-order valence-corrected chi connectivity index (χ4v) is 5.92. The zero-order valence-corrected chi connectivity index (χ0v) is 29.2. The topological polar surface area (TPSA) is 148 Å². The normalized spacial score (nSPS) is 14.6. The van der Waals surface area contributed by atoms with Crippen LogP contribution in [0, 0.1) is 0 Å². The summed E-state index contributed by atoms with van der Waals surface area (Å²) in [5.41, 5.74) is 2.81. The Balaban J connectivity index is 1.14. The number of likely N-dealkylation sites (tertiary alicyclic amines) is 1. The largest absolute Gasteiger partial charge is 0.493 e. The number of nitrogens with zero attached hydrogens (tertiary/aromatic N) is 4. The number of aryl methyl sites for hydroxylation is 1. The van der Waals surface area contributed by atoms with E-state index in [1.807, 2.05) is 20.1 Å². The molecule has 0 aliphatic carbocycles. The number of rotatable bonds is 15. The van der Waals surface area contributed by atoms with Crippen LogP contribution in [0.4, 0.5) is 17.1 Å². The van der Waals surface area contributed by atoms with Crippen molar-refractivity contribution in [3.05, 3.63) is 65.7 Å². The molecule has 0 bridgehead atoms. The van der Waals surface area contributed by atoms with Crippen molar-refractivity contribution < 1.29 is 33.1 Å². The summed E-state index contributed by atoms with van der Waals surface area (Å²) in [6.45, 7) is 6.21. The minimum atomic E-state index is -0.364. The van der Waals surface area contributed by atoms with Crippen molar-refractivity contribution in [2.24, 2.45) is 12.0 Å². The first-order valence-corrected chi connectivity index (χ1v) is 16.8. The van der Waals surface area contributed by atoms with Gasteiger partial charge in [-0.05, 0) is 83.1 Å². The van der Waals surface area contributed by atoms with Gasteiger partial charge in [0.2, 0.25) is 5.91 Å². The molecule has 264 valence electrons. The molecule has 2 aromatic carbocycles. The number of aromatic nitrogens is 1. The molecule has 3 heterocycles. The lowest BCUT2D eigenvalue weighted by Crippen LogP contribution is -2.30. The lowest BCUT2D eigenvalue weighted by atomic mass is 10.1. The van der Waals surface area contributed by atoms with E-state index in [4.69, 9.17) is 13.9 Å². The van der Waals surface area contributed by atoms with Crippen LogP contribution in [0.3, 0.4) is 0 Å². The van der Waals surface area contributed by atoms with E-state index in [-0.39, 0.29) is 42.6 Å². The van der Waals surface area contributed by atoms with E-state index in [0.717, 1.165) is 25.7 Å². The molecule has 1 unspecified atom stereocenters. The van der Waals surface area contributed by atoms with Crippen LogP contribution in [-0.2, 0) is 11.8 Å². The molecule has 1 aliphatic rings. The summed E-state index contributed by atoms with van der Waals surface area (Å²) in [4.78, 5) is 58.8. The second-order valence-corrected chi connectivity index (χ2v) is 12.2. The summed E-state index contributed by atoms with van der Waals surface area (Å²) in [5.74, 6) is 0.304. The van der Waals surface area contributed by atoms with Gasteiger partial charge in [0.1, 0.15) is 11.3 Å². The van der Waals surface area contributed by atoms with E-state index in [2.05, 4.69) is 27.6 Å². The van der Waals surface area contributed by atoms with E-state index >= 15 is 0 Å². The van der Waals surface area contributed by atoms with E-state index in [1.165, 1.54) is 7.11 Å². The molecule has 4 aromatic rings. The maximum absolute atomic E-state index is 13.1. The molecule has 0 saturated carbocycles. The van der Waals surface area contributed by atoms with Crippen LogP contribution >= 0.6 is 0 Å². The quantitative estimate of drug-likeness (QED) is 0.0891. The first-order chi connectivity index (χ1) is 24.1. The Bertz CT molecular complexity index is 1890. The highest BCUT2D eigenvalue weighted by Gasteiger charge is 2.20. The number of aldehydes is 1. The van der Waals surface area contributed by atoms with Crippen molar-refractivity contribution in [2.75, 3.05) is 51.0 Å². The number of methoxy groups -OCH3 is 1. The maximum Gasteiger partial charge on any atom is 0.289 e. The zero-order chi connectivity index (χ0) is 35.8. The molecule has 13 nitrogen and oxygen atoms in total. The third-order valence-corrected chi connectivity index (χ3v) is 8.77. The number of fused-ring (bicyclic) bond motifs is 1. The molecule has 3 amide bonds. The highest BCUT2D eigenvalue weighted by Crippen LogP contribution is 2.35. The van der Waals surface area contributed by atoms with Crippen LogP contribution < -0.4 is 20.1 Å². The molecule has 1 atom stereocenters. The minimum absolute atomic E-state index is 0.174.